The van der Waals surface area contributed by atoms with E-state index in [1.165, 1.54) is 10.6 Å². The lowest BCUT2D eigenvalue weighted by atomic mass is 9.83. The molecule has 2 aliphatic heterocycles. The van der Waals surface area contributed by atoms with E-state index in [2.05, 4.69) is 0 Å². The number of sulfonamides is 1. The molecule has 2 heterocycles. The summed E-state index contributed by atoms with van der Waals surface area (Å²) >= 11 is 0. The standard InChI is InChI=1S/C25H35F3N2O3S/c1-34(31,32)30-16-10-22(11-17-30)21-4-6-23(7-5-21)33-18-20-8-14-29(15-9-20)19-24(25(26,27)28)12-2-3-13-24/h4-7,10,20H,2-3,8-9,11-19H2,1H3. The smallest absolute Gasteiger partial charge is 0.395 e. The summed E-state index contributed by atoms with van der Waals surface area (Å²) in [6, 6.07) is 7.86. The van der Waals surface area contributed by atoms with Gasteiger partial charge in [-0.3, -0.25) is 0 Å². The normalized spacial score (nSPS) is 23.1. The fraction of sp³-hybridized carbons (Fsp3) is 0.680. The number of benzene rings is 1. The van der Waals surface area contributed by atoms with Crippen molar-refractivity contribution in [2.45, 2.75) is 51.1 Å². The van der Waals surface area contributed by atoms with Crippen LogP contribution in [-0.4, -0.2) is 69.4 Å². The van der Waals surface area contributed by atoms with Crippen LogP contribution in [0, 0.1) is 11.3 Å². The van der Waals surface area contributed by atoms with Crippen LogP contribution in [0.5, 0.6) is 5.75 Å². The molecule has 0 radical (unpaired) electrons. The topological polar surface area (TPSA) is 49.9 Å². The lowest BCUT2D eigenvalue weighted by Crippen LogP contribution is -2.48. The Bertz CT molecular complexity index is 962. The van der Waals surface area contributed by atoms with E-state index in [0.29, 0.717) is 58.0 Å². The Morgan fingerprint density at radius 1 is 1.06 bits per heavy atom. The summed E-state index contributed by atoms with van der Waals surface area (Å²) in [5.74, 6) is 1.13. The highest BCUT2D eigenvalue weighted by Gasteiger charge is 2.56. The van der Waals surface area contributed by atoms with Crippen LogP contribution in [0.4, 0.5) is 13.2 Å². The molecule has 3 aliphatic rings. The molecule has 34 heavy (non-hydrogen) atoms. The van der Waals surface area contributed by atoms with Crippen molar-refractivity contribution >= 4 is 15.6 Å². The van der Waals surface area contributed by atoms with Crippen molar-refractivity contribution in [3.05, 3.63) is 35.9 Å². The Hall–Kier alpha value is -1.58. The number of halogens is 3. The van der Waals surface area contributed by atoms with Gasteiger partial charge in [0.25, 0.3) is 0 Å². The van der Waals surface area contributed by atoms with Crippen molar-refractivity contribution in [2.75, 3.05) is 45.6 Å². The van der Waals surface area contributed by atoms with Crippen LogP contribution in [-0.2, 0) is 10.0 Å². The van der Waals surface area contributed by atoms with Crippen molar-refractivity contribution in [3.8, 4) is 5.75 Å². The predicted octanol–water partition coefficient (Wildman–Crippen LogP) is 4.95. The summed E-state index contributed by atoms with van der Waals surface area (Å²) in [5.41, 5.74) is 0.701. The van der Waals surface area contributed by atoms with E-state index in [9.17, 15) is 21.6 Å². The van der Waals surface area contributed by atoms with Gasteiger partial charge in [0.2, 0.25) is 10.0 Å². The number of likely N-dealkylation sites (tertiary alicyclic amines) is 1. The number of nitrogens with zero attached hydrogens (tertiary/aromatic N) is 2. The van der Waals surface area contributed by atoms with Gasteiger partial charge in [-0.25, -0.2) is 8.42 Å². The molecule has 2 fully saturated rings. The van der Waals surface area contributed by atoms with Crippen molar-refractivity contribution in [1.82, 2.24) is 9.21 Å². The fourth-order valence-electron chi connectivity index (χ4n) is 5.52. The quantitative estimate of drug-likeness (QED) is 0.532. The van der Waals surface area contributed by atoms with Crippen molar-refractivity contribution in [1.29, 1.82) is 0 Å². The van der Waals surface area contributed by atoms with Crippen LogP contribution in [0.15, 0.2) is 30.3 Å². The van der Waals surface area contributed by atoms with E-state index in [4.69, 9.17) is 4.74 Å². The number of rotatable bonds is 7. The second-order valence-electron chi connectivity index (χ2n) is 10.1. The highest BCUT2D eigenvalue weighted by molar-refractivity contribution is 7.88. The van der Waals surface area contributed by atoms with Gasteiger partial charge in [0.15, 0.2) is 0 Å². The maximum atomic E-state index is 13.7. The molecule has 0 aromatic heterocycles. The van der Waals surface area contributed by atoms with E-state index in [1.54, 1.807) is 0 Å². The Kier molecular flexibility index (Phi) is 7.64. The summed E-state index contributed by atoms with van der Waals surface area (Å²) < 4.78 is 71.8. The lowest BCUT2D eigenvalue weighted by molar-refractivity contribution is -0.228. The minimum Gasteiger partial charge on any atom is -0.493 e. The number of alkyl halides is 3. The molecule has 0 N–H and O–H groups in total. The first-order chi connectivity index (χ1) is 16.1. The van der Waals surface area contributed by atoms with Gasteiger partial charge in [-0.1, -0.05) is 31.1 Å². The fourth-order valence-corrected chi connectivity index (χ4v) is 6.28. The summed E-state index contributed by atoms with van der Waals surface area (Å²) in [6.07, 6.45) is 3.37. The number of piperidine rings is 1. The Labute approximate surface area is 201 Å². The molecule has 1 saturated heterocycles. The zero-order chi connectivity index (χ0) is 24.4. The van der Waals surface area contributed by atoms with Gasteiger partial charge in [0.1, 0.15) is 5.75 Å². The van der Waals surface area contributed by atoms with E-state index >= 15 is 0 Å². The summed E-state index contributed by atoms with van der Waals surface area (Å²) in [4.78, 5) is 2.01. The molecule has 1 aromatic carbocycles. The molecule has 1 saturated carbocycles. The average molecular weight is 501 g/mol. The number of hydrogen-bond donors (Lipinski definition) is 0. The average Bonchev–Trinajstić information content (AvgIpc) is 3.29. The molecule has 1 aromatic rings. The lowest BCUT2D eigenvalue weighted by Gasteiger charge is -2.40. The highest BCUT2D eigenvalue weighted by atomic mass is 32.2. The molecule has 5 nitrogen and oxygen atoms in total. The molecule has 0 atom stereocenters. The van der Waals surface area contributed by atoms with Crippen LogP contribution in [0.25, 0.3) is 5.57 Å². The zero-order valence-electron chi connectivity index (χ0n) is 19.8. The van der Waals surface area contributed by atoms with E-state index < -0.39 is 21.6 Å². The van der Waals surface area contributed by atoms with E-state index in [1.807, 2.05) is 35.2 Å². The van der Waals surface area contributed by atoms with Crippen LogP contribution < -0.4 is 4.74 Å². The second kappa shape index (κ2) is 10.2. The number of ether oxygens (including phenoxy) is 1. The molecule has 0 amide bonds. The third-order valence-corrected chi connectivity index (χ3v) is 9.02. The Morgan fingerprint density at radius 3 is 2.24 bits per heavy atom. The van der Waals surface area contributed by atoms with E-state index in [-0.39, 0.29) is 19.4 Å². The first kappa shape index (κ1) is 25.5. The molecule has 1 aliphatic carbocycles. The zero-order valence-corrected chi connectivity index (χ0v) is 20.6. The second-order valence-corrected chi connectivity index (χ2v) is 12.1. The van der Waals surface area contributed by atoms with Crippen molar-refractivity contribution in [3.63, 3.8) is 0 Å². The van der Waals surface area contributed by atoms with Crippen LogP contribution in [0.1, 0.15) is 50.5 Å². The van der Waals surface area contributed by atoms with Crippen molar-refractivity contribution < 1.29 is 26.3 Å². The van der Waals surface area contributed by atoms with Gasteiger partial charge in [-0.05, 0) is 74.4 Å². The van der Waals surface area contributed by atoms with Gasteiger partial charge in [0.05, 0.1) is 18.3 Å². The molecule has 0 bridgehead atoms. The summed E-state index contributed by atoms with van der Waals surface area (Å²) in [7, 11) is -3.16. The van der Waals surface area contributed by atoms with E-state index in [0.717, 1.165) is 29.7 Å². The van der Waals surface area contributed by atoms with Gasteiger partial charge >= 0.3 is 6.18 Å². The van der Waals surface area contributed by atoms with Crippen LogP contribution in [0.3, 0.4) is 0 Å². The van der Waals surface area contributed by atoms with Crippen molar-refractivity contribution in [2.24, 2.45) is 11.3 Å². The minimum atomic E-state index is -4.11. The monoisotopic (exact) mass is 500 g/mol. The van der Waals surface area contributed by atoms with Gasteiger partial charge in [-0.15, -0.1) is 0 Å². The molecule has 0 unspecified atom stereocenters. The van der Waals surface area contributed by atoms with Crippen LogP contribution >= 0.6 is 0 Å². The maximum absolute atomic E-state index is 13.7. The first-order valence-corrected chi connectivity index (χ1v) is 14.1. The Morgan fingerprint density at radius 2 is 1.71 bits per heavy atom. The summed E-state index contributed by atoms with van der Waals surface area (Å²) in [5, 5.41) is 0. The first-order valence-electron chi connectivity index (χ1n) is 12.2. The molecule has 4 rings (SSSR count). The minimum absolute atomic E-state index is 0.142. The molecular weight excluding hydrogens is 465 g/mol. The van der Waals surface area contributed by atoms with Crippen LogP contribution in [0.2, 0.25) is 0 Å². The summed E-state index contributed by atoms with van der Waals surface area (Å²) in [6.45, 7) is 3.00. The Balaban J connectivity index is 1.23. The predicted molar refractivity (Wildman–Crippen MR) is 127 cm³/mol. The SMILES string of the molecule is CS(=O)(=O)N1CC=C(c2ccc(OCC3CCN(CC4(C(F)(F)F)CCCC4)CC3)cc2)CC1. The third kappa shape index (κ3) is 5.97. The largest absolute Gasteiger partial charge is 0.493 e. The van der Waals surface area contributed by atoms with Gasteiger partial charge in [0, 0.05) is 19.6 Å². The highest BCUT2D eigenvalue weighted by Crippen LogP contribution is 2.51. The third-order valence-electron chi connectivity index (χ3n) is 7.75. The molecule has 190 valence electrons. The maximum Gasteiger partial charge on any atom is 0.395 e. The molecule has 0 spiro atoms. The number of hydrogen-bond acceptors (Lipinski definition) is 4. The van der Waals surface area contributed by atoms with Gasteiger partial charge in [-0.2, -0.15) is 17.5 Å². The molecule has 9 heteroatoms. The molecular formula is C25H35F3N2O3S. The van der Waals surface area contributed by atoms with Gasteiger partial charge < -0.3 is 9.64 Å².